The van der Waals surface area contributed by atoms with Crippen LogP contribution in [0.25, 0.3) is 0 Å². The number of fused-ring (bicyclic) bond motifs is 1. The Kier molecular flexibility index (Phi) is 4.36. The molecule has 0 radical (unpaired) electrons. The van der Waals surface area contributed by atoms with Gasteiger partial charge in [-0.2, -0.15) is 0 Å². The van der Waals surface area contributed by atoms with E-state index in [2.05, 4.69) is 5.32 Å². The van der Waals surface area contributed by atoms with Gasteiger partial charge in [0.15, 0.2) is 5.78 Å². The average molecular weight is 355 g/mol. The van der Waals surface area contributed by atoms with Crippen LogP contribution in [0.2, 0.25) is 0 Å². The molecule has 4 rings (SSSR count). The minimum atomic E-state index is -0.610. The number of hydrogen-bond acceptors (Lipinski definition) is 2. The summed E-state index contributed by atoms with van der Waals surface area (Å²) in [4.78, 5) is 25.8. The molecule has 0 saturated carbocycles. The van der Waals surface area contributed by atoms with Crippen LogP contribution in [-0.2, 0) is 10.3 Å². The number of carbonyl (C=O) groups excluding carboxylic acids is 2. The first-order valence-electron chi connectivity index (χ1n) is 9.15. The molecule has 0 bridgehead atoms. The van der Waals surface area contributed by atoms with Crippen LogP contribution in [0.1, 0.15) is 46.3 Å². The summed E-state index contributed by atoms with van der Waals surface area (Å²) in [7, 11) is 0. The molecule has 1 amide bonds. The van der Waals surface area contributed by atoms with E-state index in [1.807, 2.05) is 79.7 Å². The van der Waals surface area contributed by atoms with E-state index in [9.17, 15) is 9.59 Å². The minimum Gasteiger partial charge on any atom is -0.342 e. The summed E-state index contributed by atoms with van der Waals surface area (Å²) in [6.07, 6.45) is 0.164. The molecule has 27 heavy (non-hydrogen) atoms. The Hall–Kier alpha value is -3.20. The number of benzene rings is 3. The number of hydrogen-bond donors (Lipinski definition) is 1. The van der Waals surface area contributed by atoms with Gasteiger partial charge in [0.05, 0.1) is 11.5 Å². The number of amides is 1. The highest BCUT2D eigenvalue weighted by Crippen LogP contribution is 2.40. The van der Waals surface area contributed by atoms with Gasteiger partial charge in [0, 0.05) is 12.0 Å². The molecule has 3 aromatic rings. The summed E-state index contributed by atoms with van der Waals surface area (Å²) in [5, 5.41) is 3.18. The molecule has 0 saturated heterocycles. The lowest BCUT2D eigenvalue weighted by Gasteiger charge is -2.40. The smallest absolute Gasteiger partial charge is 0.228 e. The SMILES string of the molecule is C[C@]1(c2ccccc2)NC(=O)[C@@H](CC(=O)c2ccccc2)c2ccccc21. The molecule has 0 aromatic heterocycles. The number of ketones is 1. The average Bonchev–Trinajstić information content (AvgIpc) is 2.72. The molecule has 1 aliphatic heterocycles. The Bertz CT molecular complexity index is 982. The van der Waals surface area contributed by atoms with Gasteiger partial charge in [-0.1, -0.05) is 84.9 Å². The molecular formula is C24H21NO2. The third-order valence-electron chi connectivity index (χ3n) is 5.40. The van der Waals surface area contributed by atoms with Crippen LogP contribution in [0.3, 0.4) is 0 Å². The zero-order valence-electron chi connectivity index (χ0n) is 15.2. The topological polar surface area (TPSA) is 46.2 Å². The molecule has 1 heterocycles. The van der Waals surface area contributed by atoms with Crippen molar-refractivity contribution in [1.82, 2.24) is 5.32 Å². The summed E-state index contributed by atoms with van der Waals surface area (Å²) in [6, 6.07) is 27.0. The summed E-state index contributed by atoms with van der Waals surface area (Å²) >= 11 is 0. The van der Waals surface area contributed by atoms with Gasteiger partial charge in [0.25, 0.3) is 0 Å². The molecule has 0 spiro atoms. The van der Waals surface area contributed by atoms with Gasteiger partial charge < -0.3 is 5.32 Å². The normalized spacial score (nSPS) is 21.2. The van der Waals surface area contributed by atoms with E-state index in [0.29, 0.717) is 5.56 Å². The fourth-order valence-corrected chi connectivity index (χ4v) is 3.93. The zero-order chi connectivity index (χ0) is 18.9. The summed E-state index contributed by atoms with van der Waals surface area (Å²) < 4.78 is 0. The van der Waals surface area contributed by atoms with Crippen molar-refractivity contribution in [3.63, 3.8) is 0 Å². The fraction of sp³-hybridized carbons (Fsp3) is 0.167. The Morgan fingerprint density at radius 2 is 1.48 bits per heavy atom. The highest BCUT2D eigenvalue weighted by atomic mass is 16.2. The molecule has 1 N–H and O–H groups in total. The van der Waals surface area contributed by atoms with E-state index in [-0.39, 0.29) is 18.1 Å². The van der Waals surface area contributed by atoms with Gasteiger partial charge in [-0.25, -0.2) is 0 Å². The van der Waals surface area contributed by atoms with Crippen LogP contribution in [0, 0.1) is 0 Å². The van der Waals surface area contributed by atoms with Crippen LogP contribution < -0.4 is 5.32 Å². The summed E-state index contributed by atoms with van der Waals surface area (Å²) in [5.41, 5.74) is 3.03. The zero-order valence-corrected chi connectivity index (χ0v) is 15.2. The van der Waals surface area contributed by atoms with Gasteiger partial charge in [-0.3, -0.25) is 9.59 Å². The van der Waals surface area contributed by atoms with Crippen LogP contribution in [0.15, 0.2) is 84.9 Å². The lowest BCUT2D eigenvalue weighted by molar-refractivity contribution is -0.124. The van der Waals surface area contributed by atoms with Gasteiger partial charge in [-0.05, 0) is 23.6 Å². The molecule has 1 aliphatic rings. The monoisotopic (exact) mass is 355 g/mol. The summed E-state index contributed by atoms with van der Waals surface area (Å²) in [6.45, 7) is 2.02. The van der Waals surface area contributed by atoms with E-state index in [1.165, 1.54) is 0 Å². The largest absolute Gasteiger partial charge is 0.342 e. The molecule has 0 aliphatic carbocycles. The van der Waals surface area contributed by atoms with E-state index in [1.54, 1.807) is 12.1 Å². The van der Waals surface area contributed by atoms with Crippen molar-refractivity contribution in [3.8, 4) is 0 Å². The fourth-order valence-electron chi connectivity index (χ4n) is 3.93. The highest BCUT2D eigenvalue weighted by Gasteiger charge is 2.42. The first kappa shape index (κ1) is 17.2. The van der Waals surface area contributed by atoms with Crippen molar-refractivity contribution < 1.29 is 9.59 Å². The molecule has 2 atom stereocenters. The second-order valence-corrected chi connectivity index (χ2v) is 7.11. The van der Waals surface area contributed by atoms with E-state index < -0.39 is 11.5 Å². The lowest BCUT2D eigenvalue weighted by atomic mass is 9.74. The van der Waals surface area contributed by atoms with Crippen molar-refractivity contribution in [2.45, 2.75) is 24.8 Å². The van der Waals surface area contributed by atoms with Gasteiger partial charge in [-0.15, -0.1) is 0 Å². The highest BCUT2D eigenvalue weighted by molar-refractivity contribution is 6.01. The first-order valence-corrected chi connectivity index (χ1v) is 9.15. The Balaban J connectivity index is 1.74. The third kappa shape index (κ3) is 3.06. The molecule has 0 unspecified atom stereocenters. The molecule has 3 nitrogen and oxygen atoms in total. The lowest BCUT2D eigenvalue weighted by Crippen LogP contribution is -2.51. The minimum absolute atomic E-state index is 0.0196. The predicted octanol–water partition coefficient (Wildman–Crippen LogP) is 4.44. The molecule has 134 valence electrons. The second kappa shape index (κ2) is 6.84. The van der Waals surface area contributed by atoms with Gasteiger partial charge >= 0.3 is 0 Å². The predicted molar refractivity (Wildman–Crippen MR) is 106 cm³/mol. The van der Waals surface area contributed by atoms with Crippen molar-refractivity contribution in [2.75, 3.05) is 0 Å². The maximum Gasteiger partial charge on any atom is 0.228 e. The van der Waals surface area contributed by atoms with Gasteiger partial charge in [0.2, 0.25) is 5.91 Å². The van der Waals surface area contributed by atoms with E-state index >= 15 is 0 Å². The number of carbonyl (C=O) groups is 2. The Morgan fingerprint density at radius 1 is 0.889 bits per heavy atom. The molecule has 0 fully saturated rings. The van der Waals surface area contributed by atoms with E-state index in [4.69, 9.17) is 0 Å². The maximum absolute atomic E-state index is 13.0. The third-order valence-corrected chi connectivity index (χ3v) is 5.40. The van der Waals surface area contributed by atoms with Crippen molar-refractivity contribution in [2.24, 2.45) is 0 Å². The van der Waals surface area contributed by atoms with Gasteiger partial charge in [0.1, 0.15) is 0 Å². The quantitative estimate of drug-likeness (QED) is 0.704. The van der Waals surface area contributed by atoms with Crippen LogP contribution in [-0.4, -0.2) is 11.7 Å². The number of nitrogens with one attached hydrogen (secondary N) is 1. The molecule has 3 heteroatoms. The van der Waals surface area contributed by atoms with Crippen molar-refractivity contribution in [3.05, 3.63) is 107 Å². The van der Waals surface area contributed by atoms with Crippen molar-refractivity contribution in [1.29, 1.82) is 0 Å². The van der Waals surface area contributed by atoms with Crippen LogP contribution in [0.4, 0.5) is 0 Å². The van der Waals surface area contributed by atoms with Crippen LogP contribution >= 0.6 is 0 Å². The molecular weight excluding hydrogens is 334 g/mol. The second-order valence-electron chi connectivity index (χ2n) is 7.11. The Morgan fingerprint density at radius 3 is 2.19 bits per heavy atom. The number of rotatable bonds is 4. The molecule has 3 aromatic carbocycles. The Labute approximate surface area is 159 Å². The van der Waals surface area contributed by atoms with Crippen LogP contribution in [0.5, 0.6) is 0 Å². The number of Topliss-reactive ketones (excluding diaryl/α,β-unsaturated/α-hetero) is 1. The first-order chi connectivity index (χ1) is 13.1. The standard InChI is InChI=1S/C24H21NO2/c1-24(18-12-6-3-7-13-18)21-15-9-8-14-19(21)20(23(27)25-24)16-22(26)17-10-4-2-5-11-17/h2-15,20H,16H2,1H3,(H,25,27)/t20-,24+/m0/s1. The summed E-state index contributed by atoms with van der Waals surface area (Å²) in [5.74, 6) is -0.608. The van der Waals surface area contributed by atoms with E-state index in [0.717, 1.165) is 16.7 Å². The maximum atomic E-state index is 13.0. The van der Waals surface area contributed by atoms with Crippen molar-refractivity contribution >= 4 is 11.7 Å².